The van der Waals surface area contributed by atoms with Crippen LogP contribution in [0.2, 0.25) is 0 Å². The van der Waals surface area contributed by atoms with Gasteiger partial charge in [0.2, 0.25) is 4.77 Å². The maximum atomic E-state index is 11.6. The van der Waals surface area contributed by atoms with Gasteiger partial charge in [-0.25, -0.2) is 4.68 Å². The first-order valence-electron chi connectivity index (χ1n) is 8.99. The predicted molar refractivity (Wildman–Crippen MR) is 111 cm³/mol. The molecule has 0 saturated heterocycles. The van der Waals surface area contributed by atoms with Gasteiger partial charge in [-0.05, 0) is 72.9 Å². The van der Waals surface area contributed by atoms with Gasteiger partial charge in [0.15, 0.2) is 0 Å². The molecule has 1 amide bonds. The number of carbonyl (C=O) groups excluding carboxylic acids is 1. The summed E-state index contributed by atoms with van der Waals surface area (Å²) in [6.45, 7) is 5.31. The Hall–Kier alpha value is -2.84. The van der Waals surface area contributed by atoms with Gasteiger partial charge in [-0.3, -0.25) is 9.69 Å². The highest BCUT2D eigenvalue weighted by atomic mass is 32.1. The number of carbonyl (C=O) groups is 1. The minimum absolute atomic E-state index is 0.0887. The minimum atomic E-state index is -0.0887. The number of nitrogens with one attached hydrogen (secondary N) is 1. The standard InChI is InChI=1S/C20H24N6OS/c1-14-5-10-18(15(2)11-14)26-20(28)25(22-23-26)13-24(4)12-16-6-8-17(9-7-16)19(27)21-3/h5-11H,12-13H2,1-4H3,(H,21,27). The van der Waals surface area contributed by atoms with Gasteiger partial charge < -0.3 is 5.32 Å². The predicted octanol–water partition coefficient (Wildman–Crippen LogP) is 2.86. The fraction of sp³-hybridized carbons (Fsp3) is 0.300. The van der Waals surface area contributed by atoms with Crippen molar-refractivity contribution in [2.75, 3.05) is 14.1 Å². The lowest BCUT2D eigenvalue weighted by molar-refractivity contribution is 0.0963. The van der Waals surface area contributed by atoms with Crippen LogP contribution in [0.15, 0.2) is 42.5 Å². The second-order valence-electron chi connectivity index (χ2n) is 6.89. The number of rotatable bonds is 6. The molecule has 1 N–H and O–H groups in total. The first kappa shape index (κ1) is 19.9. The molecule has 0 aliphatic carbocycles. The van der Waals surface area contributed by atoms with Crippen LogP contribution >= 0.6 is 12.2 Å². The van der Waals surface area contributed by atoms with E-state index in [4.69, 9.17) is 12.2 Å². The molecule has 0 radical (unpaired) electrons. The first-order valence-corrected chi connectivity index (χ1v) is 9.40. The molecule has 0 spiro atoms. The molecule has 3 rings (SSSR count). The molecule has 3 aromatic rings. The summed E-state index contributed by atoms with van der Waals surface area (Å²) in [4.78, 5) is 13.7. The zero-order valence-corrected chi connectivity index (χ0v) is 17.3. The van der Waals surface area contributed by atoms with Gasteiger partial charge in [-0.15, -0.1) is 0 Å². The van der Waals surface area contributed by atoms with Crippen molar-refractivity contribution in [3.8, 4) is 5.69 Å². The highest BCUT2D eigenvalue weighted by molar-refractivity contribution is 7.71. The molecule has 1 aromatic heterocycles. The number of benzene rings is 2. The van der Waals surface area contributed by atoms with Crippen LogP contribution in [-0.4, -0.2) is 44.7 Å². The Morgan fingerprint density at radius 3 is 2.50 bits per heavy atom. The normalized spacial score (nSPS) is 11.0. The van der Waals surface area contributed by atoms with Crippen LogP contribution < -0.4 is 5.32 Å². The average Bonchev–Trinajstić information content (AvgIpc) is 3.02. The Balaban J connectivity index is 1.71. The number of amides is 1. The molecule has 2 aromatic carbocycles. The average molecular weight is 397 g/mol. The van der Waals surface area contributed by atoms with Gasteiger partial charge in [0.1, 0.15) is 0 Å². The van der Waals surface area contributed by atoms with E-state index in [0.717, 1.165) is 16.8 Å². The van der Waals surface area contributed by atoms with Crippen LogP contribution in [0, 0.1) is 18.6 Å². The minimum Gasteiger partial charge on any atom is -0.355 e. The molecular weight excluding hydrogens is 372 g/mol. The van der Waals surface area contributed by atoms with Crippen LogP contribution in [-0.2, 0) is 13.2 Å². The van der Waals surface area contributed by atoms with Crippen molar-refractivity contribution in [3.05, 3.63) is 69.5 Å². The summed E-state index contributed by atoms with van der Waals surface area (Å²) >= 11 is 5.57. The topological polar surface area (TPSA) is 68.0 Å². The number of nitrogens with zero attached hydrogens (tertiary/aromatic N) is 5. The maximum absolute atomic E-state index is 11.6. The van der Waals surface area contributed by atoms with E-state index < -0.39 is 0 Å². The van der Waals surface area contributed by atoms with Gasteiger partial charge in [-0.2, -0.15) is 4.68 Å². The summed E-state index contributed by atoms with van der Waals surface area (Å²) in [7, 11) is 3.61. The summed E-state index contributed by atoms with van der Waals surface area (Å²) in [6, 6.07) is 13.7. The first-order chi connectivity index (χ1) is 13.4. The molecular formula is C20H24N6OS. The molecule has 7 nitrogen and oxygen atoms in total. The van der Waals surface area contributed by atoms with Crippen molar-refractivity contribution in [2.24, 2.45) is 0 Å². The summed E-state index contributed by atoms with van der Waals surface area (Å²) in [6.07, 6.45) is 0. The lowest BCUT2D eigenvalue weighted by Crippen LogP contribution is -2.23. The highest BCUT2D eigenvalue weighted by Crippen LogP contribution is 2.15. The molecule has 0 saturated carbocycles. The third-order valence-electron chi connectivity index (χ3n) is 4.49. The number of aryl methyl sites for hydroxylation is 2. The number of tetrazole rings is 1. The molecule has 0 bridgehead atoms. The Bertz CT molecular complexity index is 1040. The summed E-state index contributed by atoms with van der Waals surface area (Å²) in [5.41, 5.74) is 4.99. The third kappa shape index (κ3) is 4.35. The van der Waals surface area contributed by atoms with E-state index in [1.807, 2.05) is 50.4 Å². The van der Waals surface area contributed by atoms with E-state index in [2.05, 4.69) is 33.6 Å². The molecule has 0 atom stereocenters. The molecule has 0 aliphatic rings. The zero-order chi connectivity index (χ0) is 20.3. The molecule has 0 unspecified atom stereocenters. The highest BCUT2D eigenvalue weighted by Gasteiger charge is 2.11. The van der Waals surface area contributed by atoms with E-state index in [-0.39, 0.29) is 5.91 Å². The van der Waals surface area contributed by atoms with E-state index in [9.17, 15) is 4.79 Å². The van der Waals surface area contributed by atoms with Crippen LogP contribution in [0.1, 0.15) is 27.0 Å². The van der Waals surface area contributed by atoms with E-state index in [0.29, 0.717) is 23.5 Å². The monoisotopic (exact) mass is 396 g/mol. The maximum Gasteiger partial charge on any atom is 0.251 e. The quantitative estimate of drug-likeness (QED) is 0.649. The van der Waals surface area contributed by atoms with E-state index >= 15 is 0 Å². The Labute approximate surface area is 169 Å². The van der Waals surface area contributed by atoms with Gasteiger partial charge in [0.05, 0.1) is 12.4 Å². The van der Waals surface area contributed by atoms with Gasteiger partial charge in [-0.1, -0.05) is 29.8 Å². The lowest BCUT2D eigenvalue weighted by atomic mass is 10.1. The van der Waals surface area contributed by atoms with Gasteiger partial charge in [0, 0.05) is 19.2 Å². The Morgan fingerprint density at radius 1 is 1.14 bits per heavy atom. The second kappa shape index (κ2) is 8.45. The van der Waals surface area contributed by atoms with Crippen LogP contribution in [0.3, 0.4) is 0 Å². The summed E-state index contributed by atoms with van der Waals surface area (Å²) in [5, 5.41) is 11.1. The largest absolute Gasteiger partial charge is 0.355 e. The van der Waals surface area contributed by atoms with Gasteiger partial charge in [0.25, 0.3) is 5.91 Å². The second-order valence-corrected chi connectivity index (χ2v) is 7.26. The molecule has 1 heterocycles. The van der Waals surface area contributed by atoms with Crippen molar-refractivity contribution in [3.63, 3.8) is 0 Å². The molecule has 8 heteroatoms. The molecule has 146 valence electrons. The fourth-order valence-electron chi connectivity index (χ4n) is 3.05. The Morgan fingerprint density at radius 2 is 1.86 bits per heavy atom. The van der Waals surface area contributed by atoms with Crippen molar-refractivity contribution >= 4 is 18.1 Å². The molecule has 0 fully saturated rings. The van der Waals surface area contributed by atoms with Crippen molar-refractivity contribution in [1.82, 2.24) is 30.0 Å². The lowest BCUT2D eigenvalue weighted by Gasteiger charge is -2.16. The Kier molecular flexibility index (Phi) is 6.01. The fourth-order valence-corrected chi connectivity index (χ4v) is 3.28. The number of hydrogen-bond donors (Lipinski definition) is 1. The van der Waals surface area contributed by atoms with Crippen LogP contribution in [0.4, 0.5) is 0 Å². The van der Waals surface area contributed by atoms with Gasteiger partial charge >= 0.3 is 0 Å². The number of hydrogen-bond acceptors (Lipinski definition) is 5. The summed E-state index contributed by atoms with van der Waals surface area (Å²) < 4.78 is 3.94. The smallest absolute Gasteiger partial charge is 0.251 e. The van der Waals surface area contributed by atoms with E-state index in [1.54, 1.807) is 16.4 Å². The van der Waals surface area contributed by atoms with Crippen molar-refractivity contribution in [1.29, 1.82) is 0 Å². The SMILES string of the molecule is CNC(=O)c1ccc(CN(C)Cn2nnn(-c3ccc(C)cc3C)c2=S)cc1. The summed E-state index contributed by atoms with van der Waals surface area (Å²) in [5.74, 6) is -0.0887. The number of aromatic nitrogens is 4. The third-order valence-corrected chi connectivity index (χ3v) is 4.87. The molecule has 28 heavy (non-hydrogen) atoms. The zero-order valence-electron chi connectivity index (χ0n) is 16.5. The van der Waals surface area contributed by atoms with E-state index in [1.165, 1.54) is 5.56 Å². The van der Waals surface area contributed by atoms with Crippen LogP contribution in [0.5, 0.6) is 0 Å². The van der Waals surface area contributed by atoms with Crippen molar-refractivity contribution in [2.45, 2.75) is 27.1 Å². The van der Waals surface area contributed by atoms with Crippen molar-refractivity contribution < 1.29 is 4.79 Å². The molecule has 0 aliphatic heterocycles. The van der Waals surface area contributed by atoms with Crippen LogP contribution in [0.25, 0.3) is 5.69 Å².